The lowest BCUT2D eigenvalue weighted by Crippen LogP contribution is -2.36. The van der Waals surface area contributed by atoms with Gasteiger partial charge in [-0.05, 0) is 37.5 Å². The molecule has 1 amide bonds. The summed E-state index contributed by atoms with van der Waals surface area (Å²) in [6, 6.07) is 16.5. The van der Waals surface area contributed by atoms with Gasteiger partial charge in [0.2, 0.25) is 5.91 Å². The molecule has 0 spiro atoms. The zero-order valence-corrected chi connectivity index (χ0v) is 18.5. The van der Waals surface area contributed by atoms with Gasteiger partial charge in [-0.1, -0.05) is 54.2 Å². The number of thioether (sulfide) groups is 1. The van der Waals surface area contributed by atoms with Crippen LogP contribution in [-0.2, 0) is 11.3 Å². The number of carbonyl (C=O) groups is 1. The summed E-state index contributed by atoms with van der Waals surface area (Å²) >= 11 is 1.52. The number of aromatic nitrogens is 2. The highest BCUT2D eigenvalue weighted by Gasteiger charge is 2.20. The van der Waals surface area contributed by atoms with E-state index in [1.165, 1.54) is 22.9 Å². The smallest absolute Gasteiger partial charge is 0.233 e. The van der Waals surface area contributed by atoms with Crippen LogP contribution in [0.2, 0.25) is 0 Å². The summed E-state index contributed by atoms with van der Waals surface area (Å²) in [5, 5.41) is 1.91. The minimum atomic E-state index is 0.193. The van der Waals surface area contributed by atoms with Crippen molar-refractivity contribution < 1.29 is 4.79 Å². The Bertz CT molecular complexity index is 1040. The maximum Gasteiger partial charge on any atom is 0.233 e. The average molecular weight is 421 g/mol. The van der Waals surface area contributed by atoms with Gasteiger partial charge < -0.3 is 4.90 Å². The summed E-state index contributed by atoms with van der Waals surface area (Å²) < 4.78 is 0. The van der Waals surface area contributed by atoms with Crippen molar-refractivity contribution in [3.8, 4) is 0 Å². The van der Waals surface area contributed by atoms with Crippen molar-refractivity contribution in [2.45, 2.75) is 31.8 Å². The largest absolute Gasteiger partial charge is 0.341 e. The summed E-state index contributed by atoms with van der Waals surface area (Å²) in [5.74, 6) is 1.35. The van der Waals surface area contributed by atoms with Gasteiger partial charge in [-0.3, -0.25) is 9.69 Å². The van der Waals surface area contributed by atoms with Crippen molar-refractivity contribution in [2.24, 2.45) is 0 Å². The van der Waals surface area contributed by atoms with E-state index in [0.29, 0.717) is 5.75 Å². The normalized spacial score (nSPS) is 15.3. The molecule has 0 radical (unpaired) electrons. The predicted molar refractivity (Wildman–Crippen MR) is 123 cm³/mol. The van der Waals surface area contributed by atoms with Gasteiger partial charge in [0.15, 0.2) is 0 Å². The van der Waals surface area contributed by atoms with Crippen LogP contribution in [0, 0.1) is 13.8 Å². The van der Waals surface area contributed by atoms with Crippen molar-refractivity contribution in [1.29, 1.82) is 0 Å². The third-order valence-electron chi connectivity index (χ3n) is 5.61. The third kappa shape index (κ3) is 4.99. The van der Waals surface area contributed by atoms with Crippen molar-refractivity contribution >= 4 is 28.6 Å². The maximum absolute atomic E-state index is 12.9. The highest BCUT2D eigenvalue weighted by Crippen LogP contribution is 2.25. The molecular formula is C24H28N4OS. The van der Waals surface area contributed by atoms with Gasteiger partial charge in [0.25, 0.3) is 0 Å². The van der Waals surface area contributed by atoms with Gasteiger partial charge >= 0.3 is 0 Å². The number of para-hydroxylation sites is 1. The Labute approximate surface area is 182 Å². The van der Waals surface area contributed by atoms with E-state index in [2.05, 4.69) is 46.1 Å². The molecule has 1 aromatic heterocycles. The molecule has 2 heterocycles. The summed E-state index contributed by atoms with van der Waals surface area (Å²) in [6.45, 7) is 8.58. The Morgan fingerprint density at radius 1 is 0.967 bits per heavy atom. The molecule has 156 valence electrons. The fraction of sp³-hybridized carbons (Fsp3) is 0.375. The second kappa shape index (κ2) is 9.58. The lowest BCUT2D eigenvalue weighted by atomic mass is 10.1. The molecule has 0 aliphatic carbocycles. The predicted octanol–water partition coefficient (Wildman–Crippen LogP) is 4.07. The second-order valence-corrected chi connectivity index (χ2v) is 8.78. The van der Waals surface area contributed by atoms with E-state index in [1.54, 1.807) is 0 Å². The number of hydrogen-bond donors (Lipinski definition) is 0. The molecule has 5 nitrogen and oxygen atoms in total. The summed E-state index contributed by atoms with van der Waals surface area (Å²) in [5.41, 5.74) is 3.64. The first-order valence-electron chi connectivity index (χ1n) is 10.5. The fourth-order valence-corrected chi connectivity index (χ4v) is 4.86. The van der Waals surface area contributed by atoms with E-state index in [9.17, 15) is 4.79 Å². The quantitative estimate of drug-likeness (QED) is 0.460. The van der Waals surface area contributed by atoms with Crippen LogP contribution in [0.1, 0.15) is 23.4 Å². The highest BCUT2D eigenvalue weighted by molar-refractivity contribution is 8.00. The molecule has 1 fully saturated rings. The Balaban J connectivity index is 1.35. The number of amides is 1. The van der Waals surface area contributed by atoms with Crippen LogP contribution >= 0.6 is 11.8 Å². The van der Waals surface area contributed by atoms with Gasteiger partial charge in [0, 0.05) is 38.1 Å². The van der Waals surface area contributed by atoms with E-state index in [0.717, 1.165) is 60.9 Å². The Morgan fingerprint density at radius 2 is 1.77 bits per heavy atom. The molecule has 0 atom stereocenters. The first-order valence-corrected chi connectivity index (χ1v) is 11.5. The molecule has 30 heavy (non-hydrogen) atoms. The number of nitrogens with zero attached hydrogens (tertiary/aromatic N) is 4. The number of rotatable bonds is 5. The standard InChI is InChI=1S/C24H28N4OS/c1-18-8-3-4-9-20(18)16-27-12-7-13-28(15-14-27)23(29)17-30-24-21-10-5-6-11-22(21)25-19(2)26-24/h3-6,8-11H,7,12-17H2,1-2H3. The van der Waals surface area contributed by atoms with Crippen molar-refractivity contribution in [3.63, 3.8) is 0 Å². The summed E-state index contributed by atoms with van der Waals surface area (Å²) in [6.07, 6.45) is 1.01. The molecule has 1 aliphatic rings. The molecule has 0 bridgehead atoms. The molecule has 1 saturated heterocycles. The zero-order valence-electron chi connectivity index (χ0n) is 17.7. The van der Waals surface area contributed by atoms with Gasteiger partial charge in [-0.15, -0.1) is 0 Å². The molecule has 2 aromatic carbocycles. The maximum atomic E-state index is 12.9. The highest BCUT2D eigenvalue weighted by atomic mass is 32.2. The second-order valence-electron chi connectivity index (χ2n) is 7.82. The Morgan fingerprint density at radius 3 is 2.63 bits per heavy atom. The van der Waals surface area contributed by atoms with Gasteiger partial charge in [-0.25, -0.2) is 9.97 Å². The number of carbonyl (C=O) groups excluding carboxylic acids is 1. The zero-order chi connectivity index (χ0) is 20.9. The average Bonchev–Trinajstić information content (AvgIpc) is 2.99. The lowest BCUT2D eigenvalue weighted by Gasteiger charge is -2.22. The number of aryl methyl sites for hydroxylation is 2. The van der Waals surface area contributed by atoms with E-state index >= 15 is 0 Å². The van der Waals surface area contributed by atoms with Crippen LogP contribution in [0.4, 0.5) is 0 Å². The number of benzene rings is 2. The van der Waals surface area contributed by atoms with Crippen LogP contribution in [0.25, 0.3) is 10.9 Å². The van der Waals surface area contributed by atoms with E-state index in [4.69, 9.17) is 0 Å². The SMILES string of the molecule is Cc1nc(SCC(=O)N2CCCN(Cc3ccccc3C)CC2)c2ccccc2n1. The third-order valence-corrected chi connectivity index (χ3v) is 6.58. The minimum absolute atomic E-state index is 0.193. The molecule has 3 aromatic rings. The Kier molecular flexibility index (Phi) is 6.65. The minimum Gasteiger partial charge on any atom is -0.341 e. The van der Waals surface area contributed by atoms with Gasteiger partial charge in [-0.2, -0.15) is 0 Å². The van der Waals surface area contributed by atoms with Crippen LogP contribution in [0.5, 0.6) is 0 Å². The van der Waals surface area contributed by atoms with Crippen LogP contribution < -0.4 is 0 Å². The molecule has 4 rings (SSSR count). The monoisotopic (exact) mass is 420 g/mol. The lowest BCUT2D eigenvalue weighted by molar-refractivity contribution is -0.128. The van der Waals surface area contributed by atoms with Crippen molar-refractivity contribution in [1.82, 2.24) is 19.8 Å². The molecule has 0 unspecified atom stereocenters. The summed E-state index contributed by atoms with van der Waals surface area (Å²) in [7, 11) is 0. The number of fused-ring (bicyclic) bond motifs is 1. The molecule has 1 aliphatic heterocycles. The topological polar surface area (TPSA) is 49.3 Å². The number of hydrogen-bond acceptors (Lipinski definition) is 5. The molecular weight excluding hydrogens is 392 g/mol. The van der Waals surface area contributed by atoms with E-state index < -0.39 is 0 Å². The molecule has 6 heteroatoms. The Hall–Kier alpha value is -2.44. The van der Waals surface area contributed by atoms with Crippen LogP contribution in [0.15, 0.2) is 53.6 Å². The van der Waals surface area contributed by atoms with Crippen molar-refractivity contribution in [2.75, 3.05) is 31.9 Å². The van der Waals surface area contributed by atoms with Crippen molar-refractivity contribution in [3.05, 3.63) is 65.5 Å². The molecule has 0 saturated carbocycles. The summed E-state index contributed by atoms with van der Waals surface area (Å²) in [4.78, 5) is 26.5. The van der Waals surface area contributed by atoms with E-state index in [-0.39, 0.29) is 5.91 Å². The van der Waals surface area contributed by atoms with Gasteiger partial charge in [0.05, 0.1) is 11.3 Å². The van der Waals surface area contributed by atoms with Gasteiger partial charge in [0.1, 0.15) is 10.9 Å². The van der Waals surface area contributed by atoms with Crippen LogP contribution in [0.3, 0.4) is 0 Å². The van der Waals surface area contributed by atoms with E-state index in [1.807, 2.05) is 36.1 Å². The first kappa shape index (κ1) is 20.8. The fourth-order valence-electron chi connectivity index (χ4n) is 3.90. The van der Waals surface area contributed by atoms with Crippen LogP contribution in [-0.4, -0.2) is 57.6 Å². The molecule has 0 N–H and O–H groups in total. The first-order chi connectivity index (χ1) is 14.6.